The zero-order valence-corrected chi connectivity index (χ0v) is 11.3. The average molecular weight is 291 g/mol. The Morgan fingerprint density at radius 2 is 2.00 bits per heavy atom. The Kier molecular flexibility index (Phi) is 3.42. The van der Waals surface area contributed by atoms with Gasteiger partial charge in [-0.1, -0.05) is 35.9 Å². The van der Waals surface area contributed by atoms with Gasteiger partial charge in [0.15, 0.2) is 11.5 Å². The molecule has 3 rings (SSSR count). The summed E-state index contributed by atoms with van der Waals surface area (Å²) in [5.41, 5.74) is 8.10. The number of hydrogen-bond acceptors (Lipinski definition) is 3. The number of benzene rings is 2. The Bertz CT molecular complexity index is 723. The number of nitrogens with zero attached hydrogens (tertiary/aromatic N) is 1. The monoisotopic (exact) mass is 290 g/mol. The van der Waals surface area contributed by atoms with Crippen LogP contribution in [0.3, 0.4) is 0 Å². The van der Waals surface area contributed by atoms with E-state index in [4.69, 9.17) is 21.8 Å². The predicted octanol–water partition coefficient (Wildman–Crippen LogP) is 3.86. The highest BCUT2D eigenvalue weighted by atomic mass is 35.5. The van der Waals surface area contributed by atoms with Gasteiger partial charge in [0.2, 0.25) is 0 Å². The van der Waals surface area contributed by atoms with Crippen molar-refractivity contribution < 1.29 is 8.81 Å². The molecule has 20 heavy (non-hydrogen) atoms. The standard InChI is InChI=1S/C15H12ClFN2O/c16-15-9(4-3-5-10(15)17)11(18)8-14-19-12-6-1-2-7-13(12)20-14/h1-7,11H,8,18H2. The number of oxazole rings is 1. The second kappa shape index (κ2) is 5.23. The largest absolute Gasteiger partial charge is 0.441 e. The van der Waals surface area contributed by atoms with Crippen molar-refractivity contribution in [3.63, 3.8) is 0 Å². The molecule has 0 saturated carbocycles. The van der Waals surface area contributed by atoms with Crippen LogP contribution in [-0.2, 0) is 6.42 Å². The summed E-state index contributed by atoms with van der Waals surface area (Å²) < 4.78 is 19.0. The van der Waals surface area contributed by atoms with E-state index >= 15 is 0 Å². The lowest BCUT2D eigenvalue weighted by Gasteiger charge is -2.11. The first kappa shape index (κ1) is 13.1. The number of rotatable bonds is 3. The Balaban J connectivity index is 1.88. The van der Waals surface area contributed by atoms with E-state index in [9.17, 15) is 4.39 Å². The fourth-order valence-electron chi connectivity index (χ4n) is 2.11. The summed E-state index contributed by atoms with van der Waals surface area (Å²) in [7, 11) is 0. The molecule has 5 heteroatoms. The fourth-order valence-corrected chi connectivity index (χ4v) is 2.38. The molecule has 0 saturated heterocycles. The minimum Gasteiger partial charge on any atom is -0.441 e. The summed E-state index contributed by atoms with van der Waals surface area (Å²) in [6.45, 7) is 0. The summed E-state index contributed by atoms with van der Waals surface area (Å²) >= 11 is 5.93. The van der Waals surface area contributed by atoms with Gasteiger partial charge in [0.25, 0.3) is 0 Å². The van der Waals surface area contributed by atoms with Gasteiger partial charge in [0.1, 0.15) is 11.3 Å². The molecule has 0 aliphatic carbocycles. The third kappa shape index (κ3) is 2.40. The van der Waals surface area contributed by atoms with Crippen molar-refractivity contribution in [2.45, 2.75) is 12.5 Å². The highest BCUT2D eigenvalue weighted by Crippen LogP contribution is 2.27. The third-order valence-electron chi connectivity index (χ3n) is 3.11. The van der Waals surface area contributed by atoms with Crippen LogP contribution in [0.4, 0.5) is 4.39 Å². The molecular weight excluding hydrogens is 279 g/mol. The van der Waals surface area contributed by atoms with Crippen LogP contribution >= 0.6 is 11.6 Å². The quantitative estimate of drug-likeness (QED) is 0.797. The first-order chi connectivity index (χ1) is 9.65. The van der Waals surface area contributed by atoms with Crippen LogP contribution in [0.2, 0.25) is 5.02 Å². The van der Waals surface area contributed by atoms with Crippen molar-refractivity contribution in [2.75, 3.05) is 0 Å². The van der Waals surface area contributed by atoms with Crippen molar-refractivity contribution in [1.29, 1.82) is 0 Å². The van der Waals surface area contributed by atoms with E-state index in [0.29, 0.717) is 23.5 Å². The molecule has 0 spiro atoms. The van der Waals surface area contributed by atoms with Gasteiger partial charge in [-0.15, -0.1) is 0 Å². The van der Waals surface area contributed by atoms with Crippen molar-refractivity contribution in [3.05, 3.63) is 64.8 Å². The number of para-hydroxylation sites is 2. The molecule has 0 aliphatic heterocycles. The van der Waals surface area contributed by atoms with Crippen LogP contribution in [0, 0.1) is 5.82 Å². The normalized spacial score (nSPS) is 12.8. The highest BCUT2D eigenvalue weighted by molar-refractivity contribution is 6.31. The lowest BCUT2D eigenvalue weighted by atomic mass is 10.0. The summed E-state index contributed by atoms with van der Waals surface area (Å²) in [6, 6.07) is 11.6. The zero-order chi connectivity index (χ0) is 14.1. The van der Waals surface area contributed by atoms with Gasteiger partial charge >= 0.3 is 0 Å². The maximum atomic E-state index is 13.4. The molecule has 1 unspecified atom stereocenters. The second-order valence-corrected chi connectivity index (χ2v) is 4.91. The van der Waals surface area contributed by atoms with Crippen molar-refractivity contribution in [2.24, 2.45) is 5.73 Å². The molecule has 1 atom stereocenters. The SMILES string of the molecule is NC(Cc1nc2ccccc2o1)c1cccc(F)c1Cl. The molecule has 2 aromatic carbocycles. The Labute approximate surface area is 120 Å². The maximum absolute atomic E-state index is 13.4. The lowest BCUT2D eigenvalue weighted by Crippen LogP contribution is -2.14. The van der Waals surface area contributed by atoms with E-state index in [1.54, 1.807) is 12.1 Å². The van der Waals surface area contributed by atoms with Gasteiger partial charge in [0.05, 0.1) is 5.02 Å². The Morgan fingerprint density at radius 1 is 1.20 bits per heavy atom. The summed E-state index contributed by atoms with van der Waals surface area (Å²) in [5, 5.41) is 0.0520. The van der Waals surface area contributed by atoms with Gasteiger partial charge in [-0.25, -0.2) is 9.37 Å². The van der Waals surface area contributed by atoms with Crippen LogP contribution in [-0.4, -0.2) is 4.98 Å². The highest BCUT2D eigenvalue weighted by Gasteiger charge is 2.16. The number of aromatic nitrogens is 1. The van der Waals surface area contributed by atoms with Gasteiger partial charge in [-0.3, -0.25) is 0 Å². The number of nitrogens with two attached hydrogens (primary N) is 1. The van der Waals surface area contributed by atoms with Gasteiger partial charge < -0.3 is 10.2 Å². The average Bonchev–Trinajstić information content (AvgIpc) is 2.83. The minimum absolute atomic E-state index is 0.0520. The predicted molar refractivity (Wildman–Crippen MR) is 76.1 cm³/mol. The molecule has 0 fully saturated rings. The first-order valence-electron chi connectivity index (χ1n) is 6.19. The lowest BCUT2D eigenvalue weighted by molar-refractivity contribution is 0.501. The maximum Gasteiger partial charge on any atom is 0.197 e. The molecule has 1 heterocycles. The molecule has 3 aromatic rings. The third-order valence-corrected chi connectivity index (χ3v) is 3.51. The Morgan fingerprint density at radius 3 is 2.80 bits per heavy atom. The molecule has 0 aliphatic rings. The summed E-state index contributed by atoms with van der Waals surface area (Å²) in [4.78, 5) is 4.35. The molecule has 1 aromatic heterocycles. The topological polar surface area (TPSA) is 52.0 Å². The van der Waals surface area contributed by atoms with Crippen LogP contribution in [0.15, 0.2) is 46.9 Å². The molecule has 0 radical (unpaired) electrons. The van der Waals surface area contributed by atoms with Crippen LogP contribution < -0.4 is 5.73 Å². The molecule has 2 N–H and O–H groups in total. The zero-order valence-electron chi connectivity index (χ0n) is 10.5. The second-order valence-electron chi connectivity index (χ2n) is 4.53. The fraction of sp³-hybridized carbons (Fsp3) is 0.133. The Hall–Kier alpha value is -1.91. The number of fused-ring (bicyclic) bond motifs is 1. The number of hydrogen-bond donors (Lipinski definition) is 1. The first-order valence-corrected chi connectivity index (χ1v) is 6.57. The minimum atomic E-state index is -0.475. The molecule has 0 amide bonds. The van der Waals surface area contributed by atoms with E-state index < -0.39 is 11.9 Å². The van der Waals surface area contributed by atoms with Crippen LogP contribution in [0.5, 0.6) is 0 Å². The number of halogens is 2. The smallest absolute Gasteiger partial charge is 0.197 e. The van der Waals surface area contributed by atoms with E-state index in [-0.39, 0.29) is 5.02 Å². The molecular formula is C15H12ClFN2O. The van der Waals surface area contributed by atoms with E-state index in [2.05, 4.69) is 4.98 Å². The van der Waals surface area contributed by atoms with Gasteiger partial charge in [-0.2, -0.15) is 0 Å². The summed E-state index contributed by atoms with van der Waals surface area (Å²) in [6.07, 6.45) is 0.359. The van der Waals surface area contributed by atoms with Crippen molar-refractivity contribution in [3.8, 4) is 0 Å². The van der Waals surface area contributed by atoms with Gasteiger partial charge in [-0.05, 0) is 23.8 Å². The van der Waals surface area contributed by atoms with E-state index in [1.165, 1.54) is 6.07 Å². The van der Waals surface area contributed by atoms with Crippen LogP contribution in [0.25, 0.3) is 11.1 Å². The molecule has 3 nitrogen and oxygen atoms in total. The molecule has 0 bridgehead atoms. The molecule has 102 valence electrons. The van der Waals surface area contributed by atoms with E-state index in [1.807, 2.05) is 24.3 Å². The van der Waals surface area contributed by atoms with Crippen molar-refractivity contribution >= 4 is 22.7 Å². The van der Waals surface area contributed by atoms with Gasteiger partial charge in [0, 0.05) is 12.5 Å². The van der Waals surface area contributed by atoms with E-state index in [0.717, 1.165) is 5.52 Å². The van der Waals surface area contributed by atoms with Crippen LogP contribution in [0.1, 0.15) is 17.5 Å². The van der Waals surface area contributed by atoms with Crippen molar-refractivity contribution in [1.82, 2.24) is 4.98 Å². The summed E-state index contributed by atoms with van der Waals surface area (Å²) in [5.74, 6) is 0.0382.